The number of rotatable bonds is 5. The zero-order valence-corrected chi connectivity index (χ0v) is 15.9. The second-order valence-electron chi connectivity index (χ2n) is 5.89. The first kappa shape index (κ1) is 18.2. The number of para-hydroxylation sites is 1. The summed E-state index contributed by atoms with van der Waals surface area (Å²) in [4.78, 5) is 4.37. The molecule has 1 aromatic heterocycles. The molecule has 0 spiro atoms. The summed E-state index contributed by atoms with van der Waals surface area (Å²) >= 11 is 6.11. The maximum atomic E-state index is 12.5. The Balaban J connectivity index is 1.76. The van der Waals surface area contributed by atoms with Crippen LogP contribution in [0.15, 0.2) is 65.7 Å². The molecule has 0 saturated heterocycles. The van der Waals surface area contributed by atoms with E-state index >= 15 is 0 Å². The average molecular weight is 388 g/mol. The monoisotopic (exact) mass is 387 g/mol. The van der Waals surface area contributed by atoms with Gasteiger partial charge in [-0.15, -0.1) is 0 Å². The third-order valence-corrected chi connectivity index (χ3v) is 5.63. The molecule has 0 bridgehead atoms. The van der Waals surface area contributed by atoms with Gasteiger partial charge in [0.2, 0.25) is 0 Å². The summed E-state index contributed by atoms with van der Waals surface area (Å²) in [5.74, 6) is 0.243. The van der Waals surface area contributed by atoms with E-state index in [-0.39, 0.29) is 10.7 Å². The summed E-state index contributed by atoms with van der Waals surface area (Å²) in [5.41, 5.74) is 3.41. The molecule has 0 aliphatic heterocycles. The number of sulfonamides is 1. The Hall–Kier alpha value is -2.57. The van der Waals surface area contributed by atoms with E-state index in [4.69, 9.17) is 11.6 Å². The van der Waals surface area contributed by atoms with Gasteiger partial charge in [0.1, 0.15) is 5.82 Å². The first-order chi connectivity index (χ1) is 12.3. The standard InChI is InChI=1S/C19H18ClN3O2S/c1-13-7-9-16(11-14(13)2)26(24,25)23-19-10-8-15(12-21-19)22-18-6-4-3-5-17(18)20/h3-12,22H,1-2H3,(H,21,23). The van der Waals surface area contributed by atoms with Crippen molar-refractivity contribution >= 4 is 38.8 Å². The molecular weight excluding hydrogens is 370 g/mol. The van der Waals surface area contributed by atoms with Crippen molar-refractivity contribution in [3.05, 3.63) is 76.9 Å². The van der Waals surface area contributed by atoms with Crippen LogP contribution >= 0.6 is 11.6 Å². The predicted octanol–water partition coefficient (Wildman–Crippen LogP) is 4.90. The highest BCUT2D eigenvalue weighted by atomic mass is 35.5. The quantitative estimate of drug-likeness (QED) is 0.653. The molecule has 1 heterocycles. The highest BCUT2D eigenvalue weighted by Gasteiger charge is 2.15. The van der Waals surface area contributed by atoms with E-state index in [1.807, 2.05) is 32.0 Å². The normalized spacial score (nSPS) is 11.2. The summed E-state index contributed by atoms with van der Waals surface area (Å²) < 4.78 is 27.5. The van der Waals surface area contributed by atoms with Gasteiger partial charge in [-0.05, 0) is 61.4 Å². The van der Waals surface area contributed by atoms with Gasteiger partial charge in [-0.1, -0.05) is 29.8 Å². The van der Waals surface area contributed by atoms with Crippen LogP contribution in [0.3, 0.4) is 0 Å². The number of hydrogen-bond donors (Lipinski definition) is 2. The molecule has 7 heteroatoms. The van der Waals surface area contributed by atoms with Crippen LogP contribution in [0, 0.1) is 13.8 Å². The highest BCUT2D eigenvalue weighted by molar-refractivity contribution is 7.92. The summed E-state index contributed by atoms with van der Waals surface area (Å²) in [7, 11) is -3.69. The lowest BCUT2D eigenvalue weighted by Gasteiger charge is -2.11. The number of halogens is 1. The molecule has 3 aromatic rings. The Labute approximate surface area is 158 Å². The maximum absolute atomic E-state index is 12.5. The second kappa shape index (κ2) is 7.35. The van der Waals surface area contributed by atoms with Gasteiger partial charge in [-0.3, -0.25) is 4.72 Å². The molecule has 0 radical (unpaired) electrons. The summed E-state index contributed by atoms with van der Waals surface area (Å²) in [6.07, 6.45) is 1.54. The number of aromatic nitrogens is 1. The molecule has 0 amide bonds. The Morgan fingerprint density at radius 2 is 1.73 bits per heavy atom. The first-order valence-electron chi connectivity index (χ1n) is 7.93. The Morgan fingerprint density at radius 1 is 0.962 bits per heavy atom. The zero-order chi connectivity index (χ0) is 18.7. The van der Waals surface area contributed by atoms with Crippen molar-refractivity contribution in [3.8, 4) is 0 Å². The van der Waals surface area contributed by atoms with E-state index in [1.165, 1.54) is 0 Å². The third kappa shape index (κ3) is 4.15. The van der Waals surface area contributed by atoms with Gasteiger partial charge in [0.15, 0.2) is 0 Å². The maximum Gasteiger partial charge on any atom is 0.263 e. The van der Waals surface area contributed by atoms with Gasteiger partial charge in [0.25, 0.3) is 10.0 Å². The van der Waals surface area contributed by atoms with Crippen molar-refractivity contribution in [2.75, 3.05) is 10.0 Å². The molecular formula is C19H18ClN3O2S. The van der Waals surface area contributed by atoms with Crippen molar-refractivity contribution in [1.82, 2.24) is 4.98 Å². The largest absolute Gasteiger partial charge is 0.353 e. The van der Waals surface area contributed by atoms with Gasteiger partial charge in [0.05, 0.1) is 27.5 Å². The topological polar surface area (TPSA) is 71.1 Å². The highest BCUT2D eigenvalue weighted by Crippen LogP contribution is 2.25. The lowest BCUT2D eigenvalue weighted by Crippen LogP contribution is -2.14. The molecule has 26 heavy (non-hydrogen) atoms. The summed E-state index contributed by atoms with van der Waals surface area (Å²) in [5, 5.41) is 3.73. The van der Waals surface area contributed by atoms with E-state index in [0.717, 1.165) is 16.8 Å². The molecule has 5 nitrogen and oxygen atoms in total. The Bertz CT molecular complexity index is 1030. The molecule has 2 N–H and O–H groups in total. The zero-order valence-electron chi connectivity index (χ0n) is 14.3. The molecule has 0 fully saturated rings. The molecule has 3 rings (SSSR count). The molecule has 134 valence electrons. The minimum atomic E-state index is -3.69. The fraction of sp³-hybridized carbons (Fsp3) is 0.105. The average Bonchev–Trinajstić information content (AvgIpc) is 2.60. The number of aryl methyl sites for hydroxylation is 2. The number of pyridine rings is 1. The van der Waals surface area contributed by atoms with Gasteiger partial charge in [-0.2, -0.15) is 0 Å². The van der Waals surface area contributed by atoms with Crippen LogP contribution in [0.1, 0.15) is 11.1 Å². The van der Waals surface area contributed by atoms with Crippen LogP contribution in [0.2, 0.25) is 5.02 Å². The van der Waals surface area contributed by atoms with Crippen LogP contribution in [-0.2, 0) is 10.0 Å². The van der Waals surface area contributed by atoms with E-state index < -0.39 is 10.0 Å². The number of hydrogen-bond acceptors (Lipinski definition) is 4. The molecule has 0 saturated carbocycles. The van der Waals surface area contributed by atoms with E-state index in [1.54, 1.807) is 42.6 Å². The van der Waals surface area contributed by atoms with Crippen molar-refractivity contribution in [2.24, 2.45) is 0 Å². The smallest absolute Gasteiger partial charge is 0.263 e. The number of anilines is 3. The third-order valence-electron chi connectivity index (χ3n) is 3.94. The van der Waals surface area contributed by atoms with E-state index in [2.05, 4.69) is 15.0 Å². The van der Waals surface area contributed by atoms with Crippen molar-refractivity contribution in [3.63, 3.8) is 0 Å². The summed E-state index contributed by atoms with van der Waals surface area (Å²) in [6, 6.07) is 15.7. The Kier molecular flexibility index (Phi) is 5.15. The lowest BCUT2D eigenvalue weighted by atomic mass is 10.1. The summed E-state index contributed by atoms with van der Waals surface area (Å²) in [6.45, 7) is 3.81. The Morgan fingerprint density at radius 3 is 2.38 bits per heavy atom. The minimum absolute atomic E-state index is 0.209. The fourth-order valence-electron chi connectivity index (χ4n) is 2.32. The molecule has 0 unspecified atom stereocenters. The molecule has 0 aliphatic rings. The van der Waals surface area contributed by atoms with Gasteiger partial charge >= 0.3 is 0 Å². The second-order valence-corrected chi connectivity index (χ2v) is 7.98. The van der Waals surface area contributed by atoms with Crippen molar-refractivity contribution < 1.29 is 8.42 Å². The SMILES string of the molecule is Cc1ccc(S(=O)(=O)Nc2ccc(Nc3ccccc3Cl)cn2)cc1C. The van der Waals surface area contributed by atoms with Gasteiger partial charge in [-0.25, -0.2) is 13.4 Å². The van der Waals surface area contributed by atoms with Crippen LogP contribution in [-0.4, -0.2) is 13.4 Å². The molecule has 0 aliphatic carbocycles. The number of benzene rings is 2. The van der Waals surface area contributed by atoms with Crippen LogP contribution in [0.5, 0.6) is 0 Å². The van der Waals surface area contributed by atoms with Crippen molar-refractivity contribution in [1.29, 1.82) is 0 Å². The molecule has 2 aromatic carbocycles. The minimum Gasteiger partial charge on any atom is -0.353 e. The van der Waals surface area contributed by atoms with E-state index in [9.17, 15) is 8.42 Å². The molecule has 0 atom stereocenters. The van der Waals surface area contributed by atoms with Crippen molar-refractivity contribution in [2.45, 2.75) is 18.7 Å². The van der Waals surface area contributed by atoms with Gasteiger partial charge in [0, 0.05) is 0 Å². The number of nitrogens with zero attached hydrogens (tertiary/aromatic N) is 1. The number of nitrogens with one attached hydrogen (secondary N) is 2. The first-order valence-corrected chi connectivity index (χ1v) is 9.79. The predicted molar refractivity (Wildman–Crippen MR) is 106 cm³/mol. The van der Waals surface area contributed by atoms with Crippen LogP contribution < -0.4 is 10.0 Å². The van der Waals surface area contributed by atoms with Gasteiger partial charge < -0.3 is 5.32 Å². The fourth-order valence-corrected chi connectivity index (χ4v) is 3.60. The van der Waals surface area contributed by atoms with E-state index in [0.29, 0.717) is 10.7 Å². The van der Waals surface area contributed by atoms with Crippen LogP contribution in [0.4, 0.5) is 17.2 Å². The lowest BCUT2D eigenvalue weighted by molar-refractivity contribution is 0.601. The van der Waals surface area contributed by atoms with Crippen LogP contribution in [0.25, 0.3) is 0 Å².